The highest BCUT2D eigenvalue weighted by Crippen LogP contribution is 2.14. The molecule has 0 aliphatic carbocycles. The lowest BCUT2D eigenvalue weighted by Gasteiger charge is -2.04. The highest BCUT2D eigenvalue weighted by molar-refractivity contribution is 5.78. The van der Waals surface area contributed by atoms with Gasteiger partial charge in [0, 0.05) is 19.3 Å². The standard InChI is InChI=1S/C25H48O3/c1-3-4-5-6-12-15-18-21-24(26)22-19-16-13-10-8-7-9-11-14-17-20-23-25(27)28-2/h3-23H2,1-2H3. The van der Waals surface area contributed by atoms with E-state index >= 15 is 0 Å². The summed E-state index contributed by atoms with van der Waals surface area (Å²) in [5.74, 6) is 0.403. The fraction of sp³-hybridized carbons (Fsp3) is 0.920. The van der Waals surface area contributed by atoms with Crippen LogP contribution in [-0.2, 0) is 14.3 Å². The Labute approximate surface area is 175 Å². The zero-order chi connectivity index (χ0) is 20.7. The van der Waals surface area contributed by atoms with Gasteiger partial charge >= 0.3 is 5.97 Å². The molecule has 0 aliphatic rings. The summed E-state index contributed by atoms with van der Waals surface area (Å²) in [5.41, 5.74) is 0. The lowest BCUT2D eigenvalue weighted by atomic mass is 10.0. The zero-order valence-electron chi connectivity index (χ0n) is 19.1. The van der Waals surface area contributed by atoms with Crippen molar-refractivity contribution in [3.8, 4) is 0 Å². The van der Waals surface area contributed by atoms with E-state index in [1.54, 1.807) is 0 Å². The van der Waals surface area contributed by atoms with E-state index < -0.39 is 0 Å². The molecule has 3 nitrogen and oxygen atoms in total. The average molecular weight is 397 g/mol. The molecule has 0 amide bonds. The number of rotatable bonds is 22. The van der Waals surface area contributed by atoms with Crippen LogP contribution in [0.1, 0.15) is 142 Å². The summed E-state index contributed by atoms with van der Waals surface area (Å²) in [6, 6.07) is 0. The van der Waals surface area contributed by atoms with Crippen molar-refractivity contribution in [2.24, 2.45) is 0 Å². The summed E-state index contributed by atoms with van der Waals surface area (Å²) >= 11 is 0. The predicted molar refractivity (Wildman–Crippen MR) is 120 cm³/mol. The first-order valence-electron chi connectivity index (χ1n) is 12.3. The van der Waals surface area contributed by atoms with Gasteiger partial charge in [0.2, 0.25) is 0 Å². The molecule has 3 heteroatoms. The molecule has 166 valence electrons. The first kappa shape index (κ1) is 27.1. The Hall–Kier alpha value is -0.860. The van der Waals surface area contributed by atoms with Crippen LogP contribution < -0.4 is 0 Å². The van der Waals surface area contributed by atoms with E-state index in [-0.39, 0.29) is 5.97 Å². The van der Waals surface area contributed by atoms with Crippen LogP contribution in [0.4, 0.5) is 0 Å². The SMILES string of the molecule is CCCCCCCCCC(=O)CCCCCCCCCCCCCC(=O)OC. The Morgan fingerprint density at radius 1 is 0.500 bits per heavy atom. The van der Waals surface area contributed by atoms with Crippen molar-refractivity contribution in [1.82, 2.24) is 0 Å². The number of carbonyl (C=O) groups is 2. The van der Waals surface area contributed by atoms with Gasteiger partial charge in [-0.3, -0.25) is 9.59 Å². The molecule has 0 saturated carbocycles. The fourth-order valence-corrected chi connectivity index (χ4v) is 3.69. The summed E-state index contributed by atoms with van der Waals surface area (Å²) in [6.45, 7) is 2.25. The summed E-state index contributed by atoms with van der Waals surface area (Å²) in [6.07, 6.45) is 24.7. The summed E-state index contributed by atoms with van der Waals surface area (Å²) in [5, 5.41) is 0. The maximum absolute atomic E-state index is 11.9. The molecule has 0 fully saturated rings. The van der Waals surface area contributed by atoms with E-state index in [0.717, 1.165) is 38.5 Å². The molecule has 0 unspecified atom stereocenters. The van der Waals surface area contributed by atoms with Gasteiger partial charge in [-0.1, -0.05) is 103 Å². The van der Waals surface area contributed by atoms with Crippen molar-refractivity contribution in [3.05, 3.63) is 0 Å². The van der Waals surface area contributed by atoms with Gasteiger partial charge in [-0.15, -0.1) is 0 Å². The molecule has 0 atom stereocenters. The Balaban J connectivity index is 3.16. The molecule has 0 aromatic rings. The number of unbranched alkanes of at least 4 members (excludes halogenated alkanes) is 16. The minimum Gasteiger partial charge on any atom is -0.469 e. The number of esters is 1. The lowest BCUT2D eigenvalue weighted by Crippen LogP contribution is -1.99. The molecular formula is C25H48O3. The van der Waals surface area contributed by atoms with Crippen molar-refractivity contribution < 1.29 is 14.3 Å². The second kappa shape index (κ2) is 22.4. The monoisotopic (exact) mass is 396 g/mol. The van der Waals surface area contributed by atoms with Gasteiger partial charge in [0.05, 0.1) is 7.11 Å². The highest BCUT2D eigenvalue weighted by Gasteiger charge is 2.02. The van der Waals surface area contributed by atoms with Crippen LogP contribution in [0.25, 0.3) is 0 Å². The predicted octanol–water partition coefficient (Wildman–Crippen LogP) is 7.94. The number of hydrogen-bond donors (Lipinski definition) is 0. The molecular weight excluding hydrogens is 348 g/mol. The Bertz CT molecular complexity index is 352. The summed E-state index contributed by atoms with van der Waals surface area (Å²) in [4.78, 5) is 22.9. The molecule has 0 N–H and O–H groups in total. The van der Waals surface area contributed by atoms with Crippen LogP contribution in [0, 0.1) is 0 Å². The Morgan fingerprint density at radius 2 is 0.821 bits per heavy atom. The van der Waals surface area contributed by atoms with Gasteiger partial charge in [-0.25, -0.2) is 0 Å². The molecule has 0 aromatic carbocycles. The van der Waals surface area contributed by atoms with Crippen molar-refractivity contribution in [2.45, 2.75) is 142 Å². The van der Waals surface area contributed by atoms with E-state index in [4.69, 9.17) is 0 Å². The van der Waals surface area contributed by atoms with Crippen molar-refractivity contribution in [2.75, 3.05) is 7.11 Å². The largest absolute Gasteiger partial charge is 0.469 e. The number of ketones is 1. The number of ether oxygens (including phenoxy) is 1. The molecule has 0 radical (unpaired) electrons. The van der Waals surface area contributed by atoms with Gasteiger partial charge in [0.25, 0.3) is 0 Å². The maximum atomic E-state index is 11.9. The summed E-state index contributed by atoms with van der Waals surface area (Å²) in [7, 11) is 1.46. The van der Waals surface area contributed by atoms with Crippen molar-refractivity contribution in [3.63, 3.8) is 0 Å². The second-order valence-electron chi connectivity index (χ2n) is 8.38. The topological polar surface area (TPSA) is 43.4 Å². The van der Waals surface area contributed by atoms with Crippen LogP contribution in [-0.4, -0.2) is 18.9 Å². The number of hydrogen-bond acceptors (Lipinski definition) is 3. The van der Waals surface area contributed by atoms with Gasteiger partial charge in [0.15, 0.2) is 0 Å². The Morgan fingerprint density at radius 3 is 1.18 bits per heavy atom. The van der Waals surface area contributed by atoms with Gasteiger partial charge < -0.3 is 4.74 Å². The van der Waals surface area contributed by atoms with Crippen molar-refractivity contribution in [1.29, 1.82) is 0 Å². The maximum Gasteiger partial charge on any atom is 0.305 e. The minimum atomic E-state index is -0.0838. The quantitative estimate of drug-likeness (QED) is 0.138. The van der Waals surface area contributed by atoms with Crippen LogP contribution in [0.2, 0.25) is 0 Å². The second-order valence-corrected chi connectivity index (χ2v) is 8.38. The molecule has 0 heterocycles. The fourth-order valence-electron chi connectivity index (χ4n) is 3.69. The van der Waals surface area contributed by atoms with Gasteiger partial charge in [-0.2, -0.15) is 0 Å². The molecule has 0 aliphatic heterocycles. The van der Waals surface area contributed by atoms with Crippen LogP contribution >= 0.6 is 0 Å². The third kappa shape index (κ3) is 21.4. The van der Waals surface area contributed by atoms with Crippen LogP contribution in [0.3, 0.4) is 0 Å². The normalized spacial score (nSPS) is 10.9. The van der Waals surface area contributed by atoms with E-state index in [1.807, 2.05) is 0 Å². The molecule has 0 aromatic heterocycles. The van der Waals surface area contributed by atoms with E-state index in [1.165, 1.54) is 97.0 Å². The number of methoxy groups -OCH3 is 1. The third-order valence-electron chi connectivity index (χ3n) is 5.62. The number of carbonyl (C=O) groups excluding carboxylic acids is 2. The molecule has 28 heavy (non-hydrogen) atoms. The molecule has 0 rings (SSSR count). The summed E-state index contributed by atoms with van der Waals surface area (Å²) < 4.78 is 4.64. The van der Waals surface area contributed by atoms with Crippen LogP contribution in [0.5, 0.6) is 0 Å². The zero-order valence-corrected chi connectivity index (χ0v) is 19.1. The molecule has 0 saturated heterocycles. The average Bonchev–Trinajstić information content (AvgIpc) is 2.70. The smallest absolute Gasteiger partial charge is 0.305 e. The first-order valence-corrected chi connectivity index (χ1v) is 12.3. The third-order valence-corrected chi connectivity index (χ3v) is 5.62. The molecule has 0 bridgehead atoms. The molecule has 0 spiro atoms. The van der Waals surface area contributed by atoms with Gasteiger partial charge in [-0.05, 0) is 19.3 Å². The Kier molecular flexibility index (Phi) is 21.7. The van der Waals surface area contributed by atoms with Gasteiger partial charge in [0.1, 0.15) is 5.78 Å². The number of Topliss-reactive ketones (excluding diaryl/α,β-unsaturated/α-hetero) is 1. The first-order chi connectivity index (χ1) is 13.7. The minimum absolute atomic E-state index is 0.0838. The van der Waals surface area contributed by atoms with E-state index in [9.17, 15) is 9.59 Å². The van der Waals surface area contributed by atoms with Crippen LogP contribution in [0.15, 0.2) is 0 Å². The van der Waals surface area contributed by atoms with Crippen molar-refractivity contribution >= 4 is 11.8 Å². The highest BCUT2D eigenvalue weighted by atomic mass is 16.5. The van der Waals surface area contributed by atoms with E-state index in [2.05, 4.69) is 11.7 Å². The lowest BCUT2D eigenvalue weighted by molar-refractivity contribution is -0.140. The van der Waals surface area contributed by atoms with E-state index in [0.29, 0.717) is 12.2 Å².